The van der Waals surface area contributed by atoms with E-state index in [2.05, 4.69) is 13.8 Å². The molecule has 0 aromatic carbocycles. The van der Waals surface area contributed by atoms with Crippen LogP contribution in [-0.2, 0) is 9.90 Å². The Balaban J connectivity index is 3.45. The van der Waals surface area contributed by atoms with E-state index >= 15 is 0 Å². The highest BCUT2D eigenvalue weighted by Gasteiger charge is 2.08. The molecule has 0 heterocycles. The van der Waals surface area contributed by atoms with E-state index in [0.717, 1.165) is 12.8 Å². The first-order valence-corrected chi connectivity index (χ1v) is 5.40. The van der Waals surface area contributed by atoms with Gasteiger partial charge in [-0.1, -0.05) is 46.0 Å². The van der Waals surface area contributed by atoms with Crippen molar-refractivity contribution in [2.45, 2.75) is 58.8 Å². The molecule has 0 aliphatic heterocycles. The second-order valence-electron chi connectivity index (χ2n) is 3.68. The lowest BCUT2D eigenvalue weighted by atomic mass is 9.94. The van der Waals surface area contributed by atoms with Crippen LogP contribution in [0.5, 0.6) is 0 Å². The van der Waals surface area contributed by atoms with Crippen molar-refractivity contribution in [3.63, 3.8) is 0 Å². The van der Waals surface area contributed by atoms with Crippen LogP contribution in [0.2, 0.25) is 0 Å². The van der Waals surface area contributed by atoms with Crippen LogP contribution in [0, 0.1) is 5.92 Å². The van der Waals surface area contributed by atoms with Crippen molar-refractivity contribution in [1.29, 1.82) is 0 Å². The molecule has 1 unspecified atom stereocenters. The third-order valence-corrected chi connectivity index (χ3v) is 2.55. The van der Waals surface area contributed by atoms with Gasteiger partial charge in [0.15, 0.2) is 0 Å². The first kappa shape index (κ1) is 12.5. The Bertz CT molecular complexity index is 132. The van der Waals surface area contributed by atoms with Crippen LogP contribution >= 0.6 is 0 Å². The summed E-state index contributed by atoms with van der Waals surface area (Å²) in [7, 11) is 0. The van der Waals surface area contributed by atoms with Gasteiger partial charge in [0.05, 0.1) is 6.42 Å². The molecule has 0 aromatic heterocycles. The fraction of sp³-hybridized carbons (Fsp3) is 0.909. The molecule has 0 saturated carbocycles. The fourth-order valence-electron chi connectivity index (χ4n) is 1.56. The summed E-state index contributed by atoms with van der Waals surface area (Å²) in [5.74, 6) is -0.321. The van der Waals surface area contributed by atoms with Gasteiger partial charge in [-0.3, -0.25) is 0 Å². The Kier molecular flexibility index (Phi) is 7.76. The standard InChI is InChI=1S/C11H21O2/c1-3-5-6-7-10(4-2)8-9-11(12)13/h10H,3-9H2,1-2H3. The third kappa shape index (κ3) is 7.82. The summed E-state index contributed by atoms with van der Waals surface area (Å²) >= 11 is 0. The van der Waals surface area contributed by atoms with Crippen LogP contribution < -0.4 is 0 Å². The monoisotopic (exact) mass is 185 g/mol. The Hall–Kier alpha value is -0.530. The van der Waals surface area contributed by atoms with Crippen LogP contribution in [0.4, 0.5) is 0 Å². The van der Waals surface area contributed by atoms with E-state index in [-0.39, 0.29) is 6.42 Å². The van der Waals surface area contributed by atoms with Crippen LogP contribution in [0.3, 0.4) is 0 Å². The number of rotatable bonds is 8. The van der Waals surface area contributed by atoms with Crippen molar-refractivity contribution in [2.24, 2.45) is 5.92 Å². The molecule has 2 nitrogen and oxygen atoms in total. The Labute approximate surface area is 81.3 Å². The van der Waals surface area contributed by atoms with Gasteiger partial charge in [-0.15, -0.1) is 0 Å². The summed E-state index contributed by atoms with van der Waals surface area (Å²) < 4.78 is 0. The Morgan fingerprint density at radius 1 is 1.15 bits per heavy atom. The van der Waals surface area contributed by atoms with E-state index in [1.165, 1.54) is 25.7 Å². The molecule has 2 heteroatoms. The molecular weight excluding hydrogens is 164 g/mol. The second kappa shape index (κ2) is 8.09. The molecule has 0 spiro atoms. The second-order valence-corrected chi connectivity index (χ2v) is 3.68. The van der Waals surface area contributed by atoms with Crippen molar-refractivity contribution in [3.05, 3.63) is 0 Å². The summed E-state index contributed by atoms with van der Waals surface area (Å²) in [5.41, 5.74) is 0. The first-order chi connectivity index (χ1) is 6.20. The Morgan fingerprint density at radius 2 is 1.85 bits per heavy atom. The zero-order valence-corrected chi connectivity index (χ0v) is 8.84. The number of carbonyl (C=O) groups is 1. The number of hydrogen-bond acceptors (Lipinski definition) is 1. The first-order valence-electron chi connectivity index (χ1n) is 5.40. The molecule has 0 fully saturated rings. The van der Waals surface area contributed by atoms with Crippen molar-refractivity contribution in [3.8, 4) is 0 Å². The van der Waals surface area contributed by atoms with E-state index in [1.54, 1.807) is 0 Å². The molecule has 1 radical (unpaired) electrons. The van der Waals surface area contributed by atoms with Crippen LogP contribution in [0.15, 0.2) is 0 Å². The van der Waals surface area contributed by atoms with Crippen molar-refractivity contribution < 1.29 is 9.90 Å². The molecule has 0 bridgehead atoms. The van der Waals surface area contributed by atoms with Crippen molar-refractivity contribution in [2.75, 3.05) is 0 Å². The molecule has 0 N–H and O–H groups in total. The van der Waals surface area contributed by atoms with Gasteiger partial charge in [-0.05, 0) is 12.3 Å². The normalized spacial score (nSPS) is 12.8. The minimum atomic E-state index is -0.908. The predicted molar refractivity (Wildman–Crippen MR) is 52.9 cm³/mol. The minimum absolute atomic E-state index is 0.227. The minimum Gasteiger partial charge on any atom is -0.247 e. The van der Waals surface area contributed by atoms with Gasteiger partial charge < -0.3 is 0 Å². The molecule has 0 rings (SSSR count). The van der Waals surface area contributed by atoms with E-state index in [9.17, 15) is 9.90 Å². The summed E-state index contributed by atoms with van der Waals surface area (Å²) in [4.78, 5) is 10.2. The molecule has 0 saturated heterocycles. The lowest BCUT2D eigenvalue weighted by Gasteiger charge is -2.12. The SMILES string of the molecule is CCCCCC(CC)CCC([O])=O. The maximum Gasteiger partial charge on any atom is 0.355 e. The van der Waals surface area contributed by atoms with Crippen molar-refractivity contribution in [1.82, 2.24) is 0 Å². The van der Waals surface area contributed by atoms with Gasteiger partial charge in [-0.2, -0.15) is 0 Å². The highest BCUT2D eigenvalue weighted by molar-refractivity contribution is 5.66. The maximum absolute atomic E-state index is 10.2. The van der Waals surface area contributed by atoms with Gasteiger partial charge in [0.2, 0.25) is 0 Å². The van der Waals surface area contributed by atoms with E-state index in [4.69, 9.17) is 0 Å². The Morgan fingerprint density at radius 3 is 2.31 bits per heavy atom. The predicted octanol–water partition coefficient (Wildman–Crippen LogP) is 3.33. The zero-order chi connectivity index (χ0) is 10.1. The average molecular weight is 185 g/mol. The smallest absolute Gasteiger partial charge is 0.247 e. The summed E-state index contributed by atoms with van der Waals surface area (Å²) in [6.45, 7) is 4.31. The van der Waals surface area contributed by atoms with Gasteiger partial charge in [0.25, 0.3) is 0 Å². The largest absolute Gasteiger partial charge is 0.355 e. The summed E-state index contributed by atoms with van der Waals surface area (Å²) in [6, 6.07) is 0. The van der Waals surface area contributed by atoms with Gasteiger partial charge in [0.1, 0.15) is 0 Å². The molecule has 0 aliphatic rings. The molecule has 1 atom stereocenters. The summed E-state index contributed by atoms with van der Waals surface area (Å²) in [6.07, 6.45) is 7.03. The lowest BCUT2D eigenvalue weighted by molar-refractivity contribution is -0.143. The molecule has 13 heavy (non-hydrogen) atoms. The summed E-state index contributed by atoms with van der Waals surface area (Å²) in [5, 5.41) is 10.2. The van der Waals surface area contributed by atoms with Gasteiger partial charge >= 0.3 is 5.97 Å². The molecule has 77 valence electrons. The third-order valence-electron chi connectivity index (χ3n) is 2.55. The number of hydrogen-bond donors (Lipinski definition) is 0. The van der Waals surface area contributed by atoms with Gasteiger partial charge in [-0.25, -0.2) is 9.90 Å². The van der Waals surface area contributed by atoms with E-state index < -0.39 is 5.97 Å². The molecular formula is C11H21O2. The molecule has 0 aromatic rings. The van der Waals surface area contributed by atoms with Crippen LogP contribution in [-0.4, -0.2) is 5.97 Å². The maximum atomic E-state index is 10.2. The van der Waals surface area contributed by atoms with Crippen LogP contribution in [0.25, 0.3) is 0 Å². The van der Waals surface area contributed by atoms with Gasteiger partial charge in [0, 0.05) is 0 Å². The highest BCUT2D eigenvalue weighted by Crippen LogP contribution is 2.18. The quantitative estimate of drug-likeness (QED) is 0.534. The molecule has 0 amide bonds. The van der Waals surface area contributed by atoms with Crippen molar-refractivity contribution >= 4 is 5.97 Å². The zero-order valence-electron chi connectivity index (χ0n) is 8.84. The lowest BCUT2D eigenvalue weighted by Crippen LogP contribution is -2.02. The average Bonchev–Trinajstić information content (AvgIpc) is 2.10. The van der Waals surface area contributed by atoms with Crippen LogP contribution in [0.1, 0.15) is 58.8 Å². The topological polar surface area (TPSA) is 37.0 Å². The molecule has 0 aliphatic carbocycles. The van der Waals surface area contributed by atoms with E-state index in [0.29, 0.717) is 5.92 Å². The number of unbranched alkanes of at least 4 members (excludes halogenated alkanes) is 2. The number of carbonyl (C=O) groups excluding carboxylic acids is 1. The highest BCUT2D eigenvalue weighted by atomic mass is 16.4. The van der Waals surface area contributed by atoms with E-state index in [1.807, 2.05) is 0 Å². The fourth-order valence-corrected chi connectivity index (χ4v) is 1.56.